The molecule has 3 aromatic carbocycles. The fourth-order valence-corrected chi connectivity index (χ4v) is 4.65. The van der Waals surface area contributed by atoms with Crippen LogP contribution in [0.4, 0.5) is 11.4 Å². The van der Waals surface area contributed by atoms with Crippen LogP contribution in [0.1, 0.15) is 52.8 Å². The molecule has 0 amide bonds. The van der Waals surface area contributed by atoms with Crippen molar-refractivity contribution >= 4 is 34.6 Å². The van der Waals surface area contributed by atoms with Gasteiger partial charge in [-0.3, -0.25) is 9.78 Å². The van der Waals surface area contributed by atoms with Gasteiger partial charge in [0.1, 0.15) is 22.9 Å². The molecule has 0 aliphatic carbocycles. The predicted molar refractivity (Wildman–Crippen MR) is 160 cm³/mol. The highest BCUT2D eigenvalue weighted by molar-refractivity contribution is 6.54. The van der Waals surface area contributed by atoms with Crippen LogP contribution in [0.5, 0.6) is 11.5 Å². The summed E-state index contributed by atoms with van der Waals surface area (Å²) in [6.07, 6.45) is 3.00. The Morgan fingerprint density at radius 2 is 1.49 bits per heavy atom. The molecule has 0 fully saturated rings. The molecule has 1 aromatic heterocycles. The molecule has 5 rings (SSSR count). The number of hydrogen-bond donors (Lipinski definition) is 3. The van der Waals surface area contributed by atoms with E-state index in [-0.39, 0.29) is 23.8 Å². The van der Waals surface area contributed by atoms with E-state index >= 15 is 0 Å². The molecule has 0 saturated heterocycles. The Morgan fingerprint density at radius 3 is 2.10 bits per heavy atom. The fraction of sp³-hybridized carbons (Fsp3) is 0.182. The first-order chi connectivity index (χ1) is 19.8. The number of aliphatic carboxylic acids is 1. The molecule has 1 aliphatic rings. The summed E-state index contributed by atoms with van der Waals surface area (Å²) in [6, 6.07) is 22.2. The number of pyridine rings is 1. The minimum Gasteiger partial charge on any atom is -0.507 e. The van der Waals surface area contributed by atoms with Gasteiger partial charge >= 0.3 is 5.97 Å². The van der Waals surface area contributed by atoms with E-state index in [0.29, 0.717) is 64.4 Å². The third-order valence-electron chi connectivity index (χ3n) is 6.80. The largest absolute Gasteiger partial charge is 0.507 e. The summed E-state index contributed by atoms with van der Waals surface area (Å²) < 4.78 is 0. The van der Waals surface area contributed by atoms with Crippen molar-refractivity contribution in [2.24, 2.45) is 15.0 Å². The SMILES string of the molecule is Cc1ccc(N=C2N=C(c3ccccn3)c3c(O)cc(CCCCC(=O)O)c(O)c3C2=Nc2ccc(C)cc2)cc1. The van der Waals surface area contributed by atoms with Crippen molar-refractivity contribution < 1.29 is 20.1 Å². The number of phenolic OH excluding ortho intramolecular Hbond substituents is 2. The van der Waals surface area contributed by atoms with Crippen molar-refractivity contribution in [3.05, 3.63) is 113 Å². The van der Waals surface area contributed by atoms with Crippen LogP contribution >= 0.6 is 0 Å². The Kier molecular flexibility index (Phi) is 8.01. The first-order valence-corrected chi connectivity index (χ1v) is 13.4. The molecule has 4 aromatic rings. The molecule has 0 unspecified atom stereocenters. The Bertz CT molecular complexity index is 1670. The molecular weight excluding hydrogens is 516 g/mol. The van der Waals surface area contributed by atoms with Gasteiger partial charge in [0.25, 0.3) is 0 Å². The van der Waals surface area contributed by atoms with Crippen LogP contribution in [0.2, 0.25) is 0 Å². The number of amidine groups is 1. The molecule has 3 N–H and O–H groups in total. The number of benzene rings is 3. The van der Waals surface area contributed by atoms with Gasteiger partial charge in [-0.1, -0.05) is 41.5 Å². The molecule has 1 aliphatic heterocycles. The van der Waals surface area contributed by atoms with Crippen LogP contribution in [0.15, 0.2) is 94.0 Å². The topological polar surface area (TPSA) is 128 Å². The fourth-order valence-electron chi connectivity index (χ4n) is 4.65. The van der Waals surface area contributed by atoms with Gasteiger partial charge < -0.3 is 15.3 Å². The Morgan fingerprint density at radius 1 is 0.829 bits per heavy atom. The molecule has 41 heavy (non-hydrogen) atoms. The second-order valence-corrected chi connectivity index (χ2v) is 10.00. The highest BCUT2D eigenvalue weighted by Crippen LogP contribution is 2.39. The van der Waals surface area contributed by atoms with Gasteiger partial charge in [-0.2, -0.15) is 0 Å². The van der Waals surface area contributed by atoms with E-state index in [4.69, 9.17) is 20.1 Å². The lowest BCUT2D eigenvalue weighted by Crippen LogP contribution is -2.26. The number of aryl methyl sites for hydroxylation is 3. The number of aliphatic imine (C=N–C) groups is 3. The zero-order chi connectivity index (χ0) is 28.9. The summed E-state index contributed by atoms with van der Waals surface area (Å²) in [5.74, 6) is -0.746. The number of carbonyl (C=O) groups is 1. The lowest BCUT2D eigenvalue weighted by atomic mass is 9.88. The molecule has 0 radical (unpaired) electrons. The van der Waals surface area contributed by atoms with Gasteiger partial charge in [-0.25, -0.2) is 15.0 Å². The summed E-state index contributed by atoms with van der Waals surface area (Å²) in [6.45, 7) is 3.98. The third-order valence-corrected chi connectivity index (χ3v) is 6.80. The van der Waals surface area contributed by atoms with Crippen molar-refractivity contribution in [3.8, 4) is 11.5 Å². The monoisotopic (exact) mass is 546 g/mol. The number of carboxylic acids is 1. The van der Waals surface area contributed by atoms with E-state index < -0.39 is 5.97 Å². The van der Waals surface area contributed by atoms with Gasteiger partial charge in [0.15, 0.2) is 5.84 Å². The normalized spacial score (nSPS) is 14.6. The number of hydrogen-bond acceptors (Lipinski definition) is 6. The number of aromatic nitrogens is 1. The van der Waals surface area contributed by atoms with Crippen LogP contribution in [-0.4, -0.2) is 43.5 Å². The van der Waals surface area contributed by atoms with Crippen molar-refractivity contribution in [2.45, 2.75) is 39.5 Å². The summed E-state index contributed by atoms with van der Waals surface area (Å²) in [5.41, 5.74) is 5.73. The average molecular weight is 547 g/mol. The summed E-state index contributed by atoms with van der Waals surface area (Å²) >= 11 is 0. The number of fused-ring (bicyclic) bond motifs is 1. The standard InChI is InChI=1S/C33H30N4O4/c1-20-10-14-23(15-11-20)35-31-29-28(26(38)19-22(32(29)41)7-3-4-9-27(39)40)30(25-8-5-6-18-34-25)37-33(31)36-24-16-12-21(2)13-17-24/h5-6,8,10-19,38,41H,3-4,7,9H2,1-2H3,(H,39,40). The average Bonchev–Trinajstić information content (AvgIpc) is 2.96. The van der Waals surface area contributed by atoms with Crippen molar-refractivity contribution in [1.82, 2.24) is 4.98 Å². The molecule has 0 spiro atoms. The van der Waals surface area contributed by atoms with Crippen LogP contribution in [-0.2, 0) is 11.2 Å². The van der Waals surface area contributed by atoms with Crippen LogP contribution < -0.4 is 0 Å². The Balaban J connectivity index is 1.75. The first kappa shape index (κ1) is 27.5. The molecule has 0 atom stereocenters. The van der Waals surface area contributed by atoms with E-state index in [1.54, 1.807) is 18.3 Å². The van der Waals surface area contributed by atoms with E-state index in [1.807, 2.05) is 68.4 Å². The number of nitrogens with zero attached hydrogens (tertiary/aromatic N) is 4. The summed E-state index contributed by atoms with van der Waals surface area (Å²) in [4.78, 5) is 30.1. The van der Waals surface area contributed by atoms with Crippen molar-refractivity contribution in [2.75, 3.05) is 0 Å². The van der Waals surface area contributed by atoms with Gasteiger partial charge in [0.05, 0.1) is 28.2 Å². The minimum absolute atomic E-state index is 0.0294. The van der Waals surface area contributed by atoms with Crippen LogP contribution in [0, 0.1) is 13.8 Å². The molecule has 0 saturated carbocycles. The minimum atomic E-state index is -0.872. The molecule has 206 valence electrons. The Labute approximate surface area is 238 Å². The van der Waals surface area contributed by atoms with Gasteiger partial charge in [0, 0.05) is 12.6 Å². The molecule has 8 nitrogen and oxygen atoms in total. The molecule has 2 heterocycles. The van der Waals surface area contributed by atoms with Gasteiger partial charge in [-0.05, 0) is 81.1 Å². The molecule has 8 heteroatoms. The highest BCUT2D eigenvalue weighted by Gasteiger charge is 2.33. The highest BCUT2D eigenvalue weighted by atomic mass is 16.4. The van der Waals surface area contributed by atoms with E-state index in [9.17, 15) is 15.0 Å². The Hall–Kier alpha value is -5.11. The van der Waals surface area contributed by atoms with Crippen LogP contribution in [0.25, 0.3) is 0 Å². The maximum atomic E-state index is 11.7. The van der Waals surface area contributed by atoms with E-state index in [0.717, 1.165) is 11.1 Å². The quantitative estimate of drug-likeness (QED) is 0.169. The zero-order valence-corrected chi connectivity index (χ0v) is 22.9. The lowest BCUT2D eigenvalue weighted by molar-refractivity contribution is -0.137. The number of rotatable bonds is 8. The molecule has 0 bridgehead atoms. The van der Waals surface area contributed by atoms with Gasteiger partial charge in [0.2, 0.25) is 0 Å². The van der Waals surface area contributed by atoms with Crippen molar-refractivity contribution in [1.29, 1.82) is 0 Å². The predicted octanol–water partition coefficient (Wildman–Crippen LogP) is 6.61. The number of phenols is 2. The number of aromatic hydroxyl groups is 2. The van der Waals surface area contributed by atoms with E-state index in [2.05, 4.69) is 4.98 Å². The second-order valence-electron chi connectivity index (χ2n) is 10.00. The van der Waals surface area contributed by atoms with Gasteiger partial charge in [-0.15, -0.1) is 0 Å². The first-order valence-electron chi connectivity index (χ1n) is 13.4. The maximum absolute atomic E-state index is 11.7. The smallest absolute Gasteiger partial charge is 0.303 e. The molecular formula is C33H30N4O4. The lowest BCUT2D eigenvalue weighted by Gasteiger charge is -2.23. The van der Waals surface area contributed by atoms with Crippen molar-refractivity contribution in [3.63, 3.8) is 0 Å². The summed E-state index contributed by atoms with van der Waals surface area (Å²) in [5, 5.41) is 32.1. The van der Waals surface area contributed by atoms with E-state index in [1.165, 1.54) is 6.07 Å². The van der Waals surface area contributed by atoms with Crippen LogP contribution in [0.3, 0.4) is 0 Å². The number of carboxylic acid groups (broad SMARTS) is 1. The summed E-state index contributed by atoms with van der Waals surface area (Å²) in [7, 11) is 0. The second kappa shape index (κ2) is 12.0. The third kappa shape index (κ3) is 6.22. The maximum Gasteiger partial charge on any atom is 0.303 e. The number of unbranched alkanes of at least 4 members (excludes halogenated alkanes) is 1. The zero-order valence-electron chi connectivity index (χ0n) is 22.9.